The van der Waals surface area contributed by atoms with Gasteiger partial charge in [-0.1, -0.05) is 155 Å². The Bertz CT molecular complexity index is 2840. The van der Waals surface area contributed by atoms with E-state index in [4.69, 9.17) is 9.97 Å². The Morgan fingerprint density at radius 3 is 1.76 bits per heavy atom. The predicted octanol–water partition coefficient (Wildman–Crippen LogP) is 12.4. The molecule has 0 fully saturated rings. The van der Waals surface area contributed by atoms with Crippen molar-refractivity contribution < 1.29 is 0 Å². The average molecular weight is 656 g/mol. The monoisotopic (exact) mass is 655 g/mol. The molecule has 51 heavy (non-hydrogen) atoms. The van der Waals surface area contributed by atoms with Crippen molar-refractivity contribution in [3.8, 4) is 39.3 Å². The summed E-state index contributed by atoms with van der Waals surface area (Å²) in [5, 5.41) is 5.16. The van der Waals surface area contributed by atoms with E-state index < -0.39 is 0 Å². The molecule has 10 rings (SSSR count). The number of para-hydroxylation sites is 1. The molecular weight excluding hydrogens is 619 g/mol. The van der Waals surface area contributed by atoms with E-state index in [1.165, 1.54) is 54.8 Å². The fraction of sp³-hybridized carbons (Fsp3) is 0.125. The number of nitrogens with zero attached hydrogens (tertiary/aromatic N) is 3. The summed E-state index contributed by atoms with van der Waals surface area (Å²) >= 11 is 0. The molecule has 0 saturated carbocycles. The van der Waals surface area contributed by atoms with Crippen molar-refractivity contribution in [3.63, 3.8) is 0 Å². The van der Waals surface area contributed by atoms with Gasteiger partial charge in [-0.3, -0.25) is 0 Å². The molecule has 0 atom stereocenters. The van der Waals surface area contributed by atoms with Crippen molar-refractivity contribution in [1.29, 1.82) is 0 Å². The molecule has 0 bridgehead atoms. The van der Waals surface area contributed by atoms with E-state index in [9.17, 15) is 0 Å². The zero-order valence-electron chi connectivity index (χ0n) is 29.3. The number of fused-ring (bicyclic) bond motifs is 11. The van der Waals surface area contributed by atoms with Crippen LogP contribution in [-0.2, 0) is 10.8 Å². The van der Waals surface area contributed by atoms with Crippen LogP contribution in [0.3, 0.4) is 0 Å². The van der Waals surface area contributed by atoms with Crippen LogP contribution in [0.2, 0.25) is 0 Å². The van der Waals surface area contributed by atoms with E-state index in [1.54, 1.807) is 0 Å². The van der Waals surface area contributed by atoms with Crippen LogP contribution in [0.4, 0.5) is 0 Å². The second kappa shape index (κ2) is 10.7. The largest absolute Gasteiger partial charge is 0.309 e. The van der Waals surface area contributed by atoms with E-state index in [-0.39, 0.29) is 10.8 Å². The van der Waals surface area contributed by atoms with Gasteiger partial charge in [-0.15, -0.1) is 0 Å². The summed E-state index contributed by atoms with van der Waals surface area (Å²) in [5.41, 5.74) is 14.3. The van der Waals surface area contributed by atoms with Crippen LogP contribution in [0.15, 0.2) is 152 Å². The molecule has 0 aliphatic heterocycles. The number of aromatic nitrogens is 3. The first-order valence-electron chi connectivity index (χ1n) is 17.9. The Hall–Kier alpha value is -6.06. The lowest BCUT2D eigenvalue weighted by atomic mass is 9.54. The Morgan fingerprint density at radius 1 is 0.490 bits per heavy atom. The van der Waals surface area contributed by atoms with Crippen LogP contribution in [0.1, 0.15) is 38.8 Å². The van der Waals surface area contributed by atoms with Crippen LogP contribution in [-0.4, -0.2) is 14.5 Å². The molecule has 3 heteroatoms. The molecule has 7 aromatic carbocycles. The Balaban J connectivity index is 1.35. The number of benzene rings is 7. The second-order valence-electron chi connectivity index (χ2n) is 15.0. The summed E-state index contributed by atoms with van der Waals surface area (Å²) in [7, 11) is 0. The van der Waals surface area contributed by atoms with Crippen molar-refractivity contribution >= 4 is 43.6 Å². The zero-order valence-corrected chi connectivity index (χ0v) is 29.3. The van der Waals surface area contributed by atoms with Crippen LogP contribution < -0.4 is 0 Å². The Kier molecular flexibility index (Phi) is 6.27. The normalized spacial score (nSPS) is 14.6. The van der Waals surface area contributed by atoms with Crippen molar-refractivity contribution in [2.45, 2.75) is 38.5 Å². The third-order valence-electron chi connectivity index (χ3n) is 11.9. The summed E-state index contributed by atoms with van der Waals surface area (Å²) in [6.45, 7) is 9.73. The molecule has 0 spiro atoms. The van der Waals surface area contributed by atoms with Gasteiger partial charge in [0.1, 0.15) is 0 Å². The maximum Gasteiger partial charge on any atom is 0.0973 e. The van der Waals surface area contributed by atoms with Gasteiger partial charge >= 0.3 is 0 Å². The van der Waals surface area contributed by atoms with E-state index in [2.05, 4.69) is 172 Å². The molecule has 2 aromatic heterocycles. The minimum absolute atomic E-state index is 0.124. The molecule has 1 aliphatic rings. The summed E-state index contributed by atoms with van der Waals surface area (Å²) in [6.07, 6.45) is 0. The molecule has 0 radical (unpaired) electrons. The third kappa shape index (κ3) is 4.12. The van der Waals surface area contributed by atoms with Gasteiger partial charge in [-0.2, -0.15) is 0 Å². The summed E-state index contributed by atoms with van der Waals surface area (Å²) in [4.78, 5) is 10.7. The molecule has 9 aromatic rings. The number of rotatable bonds is 3. The van der Waals surface area contributed by atoms with Gasteiger partial charge in [-0.05, 0) is 62.7 Å². The SMILES string of the molecule is CC1(C)c2ccccc2-c2c(c3c(c4ccccc24)c2ccccc2n3-c2ccc3nc(-c4ccccc4)c(-c4ccccc4)nc3c2)C1(C)C. The van der Waals surface area contributed by atoms with Crippen LogP contribution in [0.5, 0.6) is 0 Å². The van der Waals surface area contributed by atoms with Gasteiger partial charge in [0.15, 0.2) is 0 Å². The lowest BCUT2D eigenvalue weighted by Gasteiger charge is -2.49. The highest BCUT2D eigenvalue weighted by Gasteiger charge is 2.48. The molecule has 0 amide bonds. The maximum absolute atomic E-state index is 5.40. The molecule has 0 N–H and O–H groups in total. The van der Waals surface area contributed by atoms with E-state index in [0.717, 1.165) is 39.2 Å². The van der Waals surface area contributed by atoms with Crippen molar-refractivity contribution in [1.82, 2.24) is 14.5 Å². The Labute approximate surface area is 297 Å². The highest BCUT2D eigenvalue weighted by Crippen LogP contribution is 2.59. The molecule has 2 heterocycles. The first-order valence-corrected chi connectivity index (χ1v) is 17.9. The summed E-state index contributed by atoms with van der Waals surface area (Å²) < 4.78 is 2.51. The van der Waals surface area contributed by atoms with Crippen molar-refractivity contribution in [3.05, 3.63) is 163 Å². The average Bonchev–Trinajstić information content (AvgIpc) is 3.52. The molecule has 244 valence electrons. The van der Waals surface area contributed by atoms with E-state index in [0.29, 0.717) is 0 Å². The third-order valence-corrected chi connectivity index (χ3v) is 11.9. The van der Waals surface area contributed by atoms with Gasteiger partial charge in [0, 0.05) is 33.0 Å². The molecule has 0 unspecified atom stereocenters. The molecule has 1 aliphatic carbocycles. The maximum atomic E-state index is 5.40. The lowest BCUT2D eigenvalue weighted by Crippen LogP contribution is -2.44. The van der Waals surface area contributed by atoms with Gasteiger partial charge in [-0.25, -0.2) is 9.97 Å². The van der Waals surface area contributed by atoms with Gasteiger partial charge in [0.2, 0.25) is 0 Å². The van der Waals surface area contributed by atoms with Crippen LogP contribution in [0.25, 0.3) is 82.9 Å². The zero-order chi connectivity index (χ0) is 34.5. The minimum atomic E-state index is -0.202. The van der Waals surface area contributed by atoms with E-state index in [1.807, 2.05) is 12.1 Å². The standard InChI is InChI=1S/C48H37N3/c1-47(2)37-25-15-13-23-35(37)41-33-21-11-12-22-34(33)42-36-24-14-16-26-40(36)51(46(42)43(41)48(47,3)4)32-27-28-38-39(29-32)50-45(31-19-9-6-10-20-31)44(49-38)30-17-7-5-8-18-30/h5-29H,1-4H3. The van der Waals surface area contributed by atoms with Gasteiger partial charge in [0.05, 0.1) is 33.5 Å². The highest BCUT2D eigenvalue weighted by atomic mass is 15.0. The lowest BCUT2D eigenvalue weighted by molar-refractivity contribution is 0.301. The van der Waals surface area contributed by atoms with Crippen LogP contribution in [0, 0.1) is 0 Å². The second-order valence-corrected chi connectivity index (χ2v) is 15.0. The van der Waals surface area contributed by atoms with E-state index >= 15 is 0 Å². The van der Waals surface area contributed by atoms with Crippen molar-refractivity contribution in [2.24, 2.45) is 0 Å². The smallest absolute Gasteiger partial charge is 0.0973 e. The summed E-state index contributed by atoms with van der Waals surface area (Å²) in [6, 6.07) is 54.4. The first-order chi connectivity index (χ1) is 24.8. The fourth-order valence-corrected chi connectivity index (χ4v) is 8.75. The highest BCUT2D eigenvalue weighted by molar-refractivity contribution is 6.26. The van der Waals surface area contributed by atoms with Gasteiger partial charge in [0.25, 0.3) is 0 Å². The first kappa shape index (κ1) is 29.8. The molecule has 3 nitrogen and oxygen atoms in total. The van der Waals surface area contributed by atoms with Crippen molar-refractivity contribution in [2.75, 3.05) is 0 Å². The van der Waals surface area contributed by atoms with Gasteiger partial charge < -0.3 is 4.57 Å². The topological polar surface area (TPSA) is 30.7 Å². The minimum Gasteiger partial charge on any atom is -0.309 e. The number of hydrogen-bond acceptors (Lipinski definition) is 2. The van der Waals surface area contributed by atoms with Crippen LogP contribution >= 0.6 is 0 Å². The molecular formula is C48H37N3. The Morgan fingerprint density at radius 2 is 1.06 bits per heavy atom. The number of hydrogen-bond donors (Lipinski definition) is 0. The molecule has 0 saturated heterocycles. The summed E-state index contributed by atoms with van der Waals surface area (Å²) in [5.74, 6) is 0. The fourth-order valence-electron chi connectivity index (χ4n) is 8.75. The predicted molar refractivity (Wildman–Crippen MR) is 214 cm³/mol. The quantitative estimate of drug-likeness (QED) is 0.190.